The van der Waals surface area contributed by atoms with Gasteiger partial charge in [-0.3, -0.25) is 14.5 Å². The van der Waals surface area contributed by atoms with Crippen molar-refractivity contribution >= 4 is 17.8 Å². The van der Waals surface area contributed by atoms with Gasteiger partial charge in [0.25, 0.3) is 0 Å². The van der Waals surface area contributed by atoms with Gasteiger partial charge in [0.1, 0.15) is 0 Å². The molecule has 0 aromatic rings. The van der Waals surface area contributed by atoms with E-state index >= 15 is 0 Å². The molecule has 1 aliphatic rings. The Hall–Kier alpha value is -1.39. The molecule has 0 aliphatic carbocycles. The fourth-order valence-corrected chi connectivity index (χ4v) is 0.928. The SMILES string of the molecule is O=C([O-])CN1C(=O)CCC1=O. The Morgan fingerprint density at radius 3 is 2.18 bits per heavy atom. The molecule has 1 aliphatic heterocycles. The highest BCUT2D eigenvalue weighted by molar-refractivity contribution is 6.03. The summed E-state index contributed by atoms with van der Waals surface area (Å²) < 4.78 is 0. The molecule has 1 saturated heterocycles. The average molecular weight is 156 g/mol. The minimum atomic E-state index is -1.41. The van der Waals surface area contributed by atoms with Crippen LogP contribution in [0.15, 0.2) is 0 Å². The van der Waals surface area contributed by atoms with E-state index in [1.807, 2.05) is 0 Å². The van der Waals surface area contributed by atoms with Crippen LogP contribution in [0.3, 0.4) is 0 Å². The van der Waals surface area contributed by atoms with Crippen LogP contribution < -0.4 is 5.11 Å². The predicted octanol–water partition coefficient (Wildman–Crippen LogP) is -2.11. The Morgan fingerprint density at radius 2 is 1.82 bits per heavy atom. The summed E-state index contributed by atoms with van der Waals surface area (Å²) >= 11 is 0. The zero-order chi connectivity index (χ0) is 8.43. The molecular formula is C6H6NO4-. The van der Waals surface area contributed by atoms with Gasteiger partial charge >= 0.3 is 0 Å². The highest BCUT2D eigenvalue weighted by Gasteiger charge is 2.28. The lowest BCUT2D eigenvalue weighted by Gasteiger charge is -2.13. The quantitative estimate of drug-likeness (QED) is 0.428. The number of hydrogen-bond acceptors (Lipinski definition) is 4. The Bertz CT molecular complexity index is 207. The van der Waals surface area contributed by atoms with E-state index in [1.165, 1.54) is 0 Å². The summed E-state index contributed by atoms with van der Waals surface area (Å²) in [5.74, 6) is -2.27. The number of likely N-dealkylation sites (tertiary alicyclic amines) is 1. The summed E-state index contributed by atoms with van der Waals surface area (Å²) in [6.07, 6.45) is 0.234. The van der Waals surface area contributed by atoms with Crippen molar-refractivity contribution < 1.29 is 19.5 Å². The van der Waals surface area contributed by atoms with Gasteiger partial charge in [-0.1, -0.05) is 0 Å². The first-order valence-corrected chi connectivity index (χ1v) is 3.14. The van der Waals surface area contributed by atoms with Gasteiger partial charge in [-0.05, 0) is 0 Å². The molecule has 0 atom stereocenters. The van der Waals surface area contributed by atoms with E-state index in [4.69, 9.17) is 0 Å². The van der Waals surface area contributed by atoms with Crippen molar-refractivity contribution in [3.8, 4) is 0 Å². The molecule has 5 nitrogen and oxygen atoms in total. The van der Waals surface area contributed by atoms with Crippen LogP contribution in [0.25, 0.3) is 0 Å². The monoisotopic (exact) mass is 156 g/mol. The zero-order valence-electron chi connectivity index (χ0n) is 5.70. The number of carbonyl (C=O) groups is 3. The van der Waals surface area contributed by atoms with Crippen molar-refractivity contribution in [2.45, 2.75) is 12.8 Å². The minimum Gasteiger partial charge on any atom is -0.548 e. The second kappa shape index (κ2) is 2.69. The third-order valence-corrected chi connectivity index (χ3v) is 1.44. The lowest BCUT2D eigenvalue weighted by molar-refractivity contribution is -0.305. The molecule has 0 aromatic carbocycles. The van der Waals surface area contributed by atoms with E-state index in [0.29, 0.717) is 4.90 Å². The third-order valence-electron chi connectivity index (χ3n) is 1.44. The highest BCUT2D eigenvalue weighted by atomic mass is 16.4. The fourth-order valence-electron chi connectivity index (χ4n) is 0.928. The minimum absolute atomic E-state index is 0.117. The molecule has 0 saturated carbocycles. The molecule has 1 rings (SSSR count). The maximum Gasteiger partial charge on any atom is 0.230 e. The molecule has 2 amide bonds. The van der Waals surface area contributed by atoms with E-state index < -0.39 is 24.3 Å². The Morgan fingerprint density at radius 1 is 1.36 bits per heavy atom. The summed E-state index contributed by atoms with van der Waals surface area (Å²) in [6.45, 7) is -0.613. The number of rotatable bonds is 2. The first-order chi connectivity index (χ1) is 5.11. The first-order valence-electron chi connectivity index (χ1n) is 3.14. The number of aliphatic carboxylic acids is 1. The van der Waals surface area contributed by atoms with Crippen LogP contribution in [0.2, 0.25) is 0 Å². The summed E-state index contributed by atoms with van der Waals surface area (Å²) in [5.41, 5.74) is 0. The van der Waals surface area contributed by atoms with Crippen molar-refractivity contribution in [3.63, 3.8) is 0 Å². The molecule has 11 heavy (non-hydrogen) atoms. The molecule has 0 bridgehead atoms. The van der Waals surface area contributed by atoms with Gasteiger partial charge in [-0.25, -0.2) is 0 Å². The molecule has 1 heterocycles. The smallest absolute Gasteiger partial charge is 0.230 e. The number of carbonyl (C=O) groups excluding carboxylic acids is 3. The van der Waals surface area contributed by atoms with E-state index in [1.54, 1.807) is 0 Å². The second-order valence-electron chi connectivity index (χ2n) is 2.25. The summed E-state index contributed by atoms with van der Waals surface area (Å²) in [6, 6.07) is 0. The molecule has 1 fully saturated rings. The van der Waals surface area contributed by atoms with E-state index in [2.05, 4.69) is 0 Å². The number of hydrogen-bond donors (Lipinski definition) is 0. The van der Waals surface area contributed by atoms with Gasteiger partial charge in [-0.15, -0.1) is 0 Å². The van der Waals surface area contributed by atoms with Gasteiger partial charge in [0, 0.05) is 12.8 Å². The van der Waals surface area contributed by atoms with E-state index in [9.17, 15) is 19.5 Å². The topological polar surface area (TPSA) is 77.5 Å². The maximum absolute atomic E-state index is 10.7. The van der Waals surface area contributed by atoms with Crippen molar-refractivity contribution in [1.29, 1.82) is 0 Å². The number of carboxylic acid groups (broad SMARTS) is 1. The van der Waals surface area contributed by atoms with Crippen LogP contribution in [0.5, 0.6) is 0 Å². The van der Waals surface area contributed by atoms with Crippen molar-refractivity contribution in [2.24, 2.45) is 0 Å². The third kappa shape index (κ3) is 1.54. The standard InChI is InChI=1S/C6H7NO4/c8-4-1-2-5(9)7(4)3-6(10)11/h1-3H2,(H,10,11)/p-1. The molecule has 0 N–H and O–H groups in total. The van der Waals surface area contributed by atoms with Crippen LogP contribution in [-0.2, 0) is 14.4 Å². The molecule has 0 unspecified atom stereocenters. The molecule has 0 spiro atoms. The molecule has 60 valence electrons. The van der Waals surface area contributed by atoms with Crippen LogP contribution in [0.1, 0.15) is 12.8 Å². The maximum atomic E-state index is 10.7. The molecule has 0 radical (unpaired) electrons. The van der Waals surface area contributed by atoms with Gasteiger partial charge in [-0.2, -0.15) is 0 Å². The Labute approximate surface area is 62.6 Å². The van der Waals surface area contributed by atoms with Crippen molar-refractivity contribution in [2.75, 3.05) is 6.54 Å². The summed E-state index contributed by atoms with van der Waals surface area (Å²) in [4.78, 5) is 32.2. The molecular weight excluding hydrogens is 150 g/mol. The largest absolute Gasteiger partial charge is 0.548 e. The number of amides is 2. The van der Waals surface area contributed by atoms with Gasteiger partial charge < -0.3 is 9.90 Å². The first kappa shape index (κ1) is 7.71. The fraction of sp³-hybridized carbons (Fsp3) is 0.500. The van der Waals surface area contributed by atoms with Crippen LogP contribution in [-0.4, -0.2) is 29.2 Å². The Kier molecular flexibility index (Phi) is 1.89. The van der Waals surface area contributed by atoms with E-state index in [0.717, 1.165) is 0 Å². The van der Waals surface area contributed by atoms with Crippen LogP contribution in [0, 0.1) is 0 Å². The Balaban J connectivity index is 2.62. The van der Waals surface area contributed by atoms with Gasteiger partial charge in [0.05, 0.1) is 12.5 Å². The average Bonchev–Trinajstić information content (AvgIpc) is 2.18. The number of carboxylic acids is 1. The summed E-state index contributed by atoms with van der Waals surface area (Å²) in [7, 11) is 0. The lowest BCUT2D eigenvalue weighted by atomic mass is 10.4. The predicted molar refractivity (Wildman–Crippen MR) is 31.0 cm³/mol. The number of nitrogens with zero attached hydrogens (tertiary/aromatic N) is 1. The zero-order valence-corrected chi connectivity index (χ0v) is 5.70. The normalized spacial score (nSPS) is 17.6. The summed E-state index contributed by atoms with van der Waals surface area (Å²) in [5, 5.41) is 9.99. The molecule has 5 heteroatoms. The molecule has 0 aromatic heterocycles. The lowest BCUT2D eigenvalue weighted by Crippen LogP contribution is -2.40. The second-order valence-corrected chi connectivity index (χ2v) is 2.25. The van der Waals surface area contributed by atoms with Gasteiger partial charge in [0.15, 0.2) is 0 Å². The van der Waals surface area contributed by atoms with Crippen LogP contribution in [0.4, 0.5) is 0 Å². The van der Waals surface area contributed by atoms with Gasteiger partial charge in [0.2, 0.25) is 11.8 Å². The van der Waals surface area contributed by atoms with Crippen molar-refractivity contribution in [3.05, 3.63) is 0 Å². The highest BCUT2D eigenvalue weighted by Crippen LogP contribution is 2.09. The number of imide groups is 1. The van der Waals surface area contributed by atoms with Crippen molar-refractivity contribution in [1.82, 2.24) is 4.90 Å². The van der Waals surface area contributed by atoms with Crippen LogP contribution >= 0.6 is 0 Å². The van der Waals surface area contributed by atoms with E-state index in [-0.39, 0.29) is 12.8 Å².